The van der Waals surface area contributed by atoms with E-state index >= 15 is 0 Å². The van der Waals surface area contributed by atoms with Crippen LogP contribution in [0.4, 0.5) is 10.6 Å². The lowest BCUT2D eigenvalue weighted by Gasteiger charge is -2.30. The van der Waals surface area contributed by atoms with Crippen LogP contribution in [0.15, 0.2) is 18.2 Å². The predicted molar refractivity (Wildman–Crippen MR) is 79.9 cm³/mol. The average molecular weight is 292 g/mol. The van der Waals surface area contributed by atoms with Gasteiger partial charge < -0.3 is 5.11 Å². The van der Waals surface area contributed by atoms with E-state index in [1.807, 2.05) is 39.0 Å². The van der Waals surface area contributed by atoms with E-state index in [-0.39, 0.29) is 23.0 Å². The molecule has 1 N–H and O–H groups in total. The van der Waals surface area contributed by atoms with Crippen molar-refractivity contribution in [2.75, 3.05) is 20.1 Å². The number of carboxylic acids is 1. The number of rotatable bonds is 4. The Morgan fingerprint density at radius 3 is 2.67 bits per heavy atom. The van der Waals surface area contributed by atoms with Gasteiger partial charge in [-0.15, -0.1) is 0 Å². The number of hydrogen-bond donors (Lipinski definition) is 1. The third-order valence-electron chi connectivity index (χ3n) is 3.89. The van der Waals surface area contributed by atoms with Gasteiger partial charge in [0.25, 0.3) is 0 Å². The second-order valence-corrected chi connectivity index (χ2v) is 6.11. The van der Waals surface area contributed by atoms with E-state index in [9.17, 15) is 14.7 Å². The van der Waals surface area contributed by atoms with Crippen molar-refractivity contribution in [3.63, 3.8) is 0 Å². The van der Waals surface area contributed by atoms with Crippen molar-refractivity contribution in [2.24, 2.45) is 5.92 Å². The van der Waals surface area contributed by atoms with Gasteiger partial charge in [0, 0.05) is 24.7 Å². The molecule has 1 aromatic rings. The number of carbonyl (C=O) groups is 2. The van der Waals surface area contributed by atoms with Crippen LogP contribution < -0.4 is 4.48 Å². The number of aryl methyl sites for hydroxylation is 1. The molecular formula is C15H22N3O3+. The average Bonchev–Trinajstić information content (AvgIpc) is 2.64. The molecule has 0 radical (unpaired) electrons. The van der Waals surface area contributed by atoms with Gasteiger partial charge in [-0.05, 0) is 13.0 Å². The van der Waals surface area contributed by atoms with Crippen LogP contribution in [0.25, 0.3) is 0 Å². The summed E-state index contributed by atoms with van der Waals surface area (Å²) in [4.78, 5) is 30.0. The van der Waals surface area contributed by atoms with Crippen molar-refractivity contribution in [1.29, 1.82) is 0 Å². The first-order chi connectivity index (χ1) is 9.78. The molecule has 1 saturated heterocycles. The third-order valence-corrected chi connectivity index (χ3v) is 3.89. The minimum atomic E-state index is -0.970. The molecule has 6 nitrogen and oxygen atoms in total. The second-order valence-electron chi connectivity index (χ2n) is 6.11. The number of aliphatic carboxylic acids is 1. The van der Waals surface area contributed by atoms with Gasteiger partial charge in [0.15, 0.2) is 6.04 Å². The highest BCUT2D eigenvalue weighted by Crippen LogP contribution is 2.31. The molecule has 2 atom stereocenters. The van der Waals surface area contributed by atoms with Crippen LogP contribution in [0.2, 0.25) is 0 Å². The fourth-order valence-corrected chi connectivity index (χ4v) is 3.00. The molecule has 0 aliphatic carbocycles. The number of quaternary nitrogens is 1. The molecule has 2 heterocycles. The fourth-order valence-electron chi connectivity index (χ4n) is 3.00. The molecular weight excluding hydrogens is 270 g/mol. The van der Waals surface area contributed by atoms with Crippen LogP contribution in [0.5, 0.6) is 0 Å². The summed E-state index contributed by atoms with van der Waals surface area (Å²) in [7, 11) is 1.55. The zero-order valence-electron chi connectivity index (χ0n) is 12.9. The third kappa shape index (κ3) is 2.63. The van der Waals surface area contributed by atoms with E-state index in [1.165, 1.54) is 4.90 Å². The quantitative estimate of drug-likeness (QED) is 0.860. The number of likely N-dealkylation sites (N-methyl/N-ethyl adjacent to an activating group) is 1. The minimum Gasteiger partial charge on any atom is -0.480 e. The van der Waals surface area contributed by atoms with E-state index in [1.54, 1.807) is 7.05 Å². The number of urea groups is 1. The smallest absolute Gasteiger partial charge is 0.426 e. The molecule has 1 aliphatic heterocycles. The summed E-state index contributed by atoms with van der Waals surface area (Å²) in [5.74, 6) is -0.0937. The van der Waals surface area contributed by atoms with E-state index in [0.29, 0.717) is 12.4 Å². The van der Waals surface area contributed by atoms with Crippen molar-refractivity contribution in [2.45, 2.75) is 26.8 Å². The van der Waals surface area contributed by atoms with Crippen LogP contribution in [0.1, 0.15) is 19.5 Å². The van der Waals surface area contributed by atoms with Gasteiger partial charge in [-0.3, -0.25) is 4.90 Å². The summed E-state index contributed by atoms with van der Waals surface area (Å²) in [6.45, 7) is 6.69. The van der Waals surface area contributed by atoms with E-state index in [4.69, 9.17) is 0 Å². The van der Waals surface area contributed by atoms with E-state index in [2.05, 4.69) is 4.98 Å². The zero-order valence-corrected chi connectivity index (χ0v) is 12.9. The van der Waals surface area contributed by atoms with E-state index < -0.39 is 12.0 Å². The van der Waals surface area contributed by atoms with Crippen molar-refractivity contribution < 1.29 is 14.7 Å². The number of carbonyl (C=O) groups excluding carboxylic acids is 1. The van der Waals surface area contributed by atoms with Crippen LogP contribution in [-0.4, -0.2) is 53.2 Å². The van der Waals surface area contributed by atoms with Gasteiger partial charge in [0.05, 0.1) is 6.54 Å². The first-order valence-corrected chi connectivity index (χ1v) is 7.09. The normalized spacial score (nSPS) is 25.7. The summed E-state index contributed by atoms with van der Waals surface area (Å²) < 4.78 is -0.0210. The first-order valence-electron chi connectivity index (χ1n) is 7.09. The lowest BCUT2D eigenvalue weighted by Crippen LogP contribution is -2.54. The molecule has 2 rings (SSSR count). The van der Waals surface area contributed by atoms with Gasteiger partial charge in [-0.1, -0.05) is 19.9 Å². The lowest BCUT2D eigenvalue weighted by molar-refractivity contribution is -0.140. The SMILES string of the molecule is Cc1cccc([N+]2(CC(C)C)CC(C(=O)O)N(C)C2=O)n1. The molecule has 0 spiro atoms. The molecule has 21 heavy (non-hydrogen) atoms. The largest absolute Gasteiger partial charge is 0.480 e. The molecule has 1 aliphatic rings. The van der Waals surface area contributed by atoms with Gasteiger partial charge in [0.1, 0.15) is 6.54 Å². The van der Waals surface area contributed by atoms with Crippen LogP contribution in [-0.2, 0) is 4.79 Å². The van der Waals surface area contributed by atoms with E-state index in [0.717, 1.165) is 5.69 Å². The Hall–Kier alpha value is -1.95. The predicted octanol–water partition coefficient (Wildman–Crippen LogP) is 1.87. The Bertz CT molecular complexity index is 573. The molecule has 6 heteroatoms. The molecule has 1 fully saturated rings. The molecule has 2 unspecified atom stereocenters. The monoisotopic (exact) mass is 292 g/mol. The number of carboxylic acid groups (broad SMARTS) is 1. The Morgan fingerprint density at radius 1 is 1.52 bits per heavy atom. The maximum atomic E-state index is 12.8. The Morgan fingerprint density at radius 2 is 2.19 bits per heavy atom. The Balaban J connectivity index is 2.53. The van der Waals surface area contributed by atoms with Gasteiger partial charge in [0.2, 0.25) is 5.82 Å². The molecule has 0 bridgehead atoms. The Kier molecular flexibility index (Phi) is 4.00. The molecule has 2 amide bonds. The summed E-state index contributed by atoms with van der Waals surface area (Å²) in [5.41, 5.74) is 0.822. The van der Waals surface area contributed by atoms with Gasteiger partial charge >= 0.3 is 12.0 Å². The van der Waals surface area contributed by atoms with Crippen molar-refractivity contribution in [3.05, 3.63) is 23.9 Å². The molecule has 1 aromatic heterocycles. The minimum absolute atomic E-state index is 0.0210. The van der Waals surface area contributed by atoms with Crippen LogP contribution in [0.3, 0.4) is 0 Å². The summed E-state index contributed by atoms with van der Waals surface area (Å²) in [5, 5.41) is 9.34. The number of hydrogen-bond acceptors (Lipinski definition) is 3. The number of pyridine rings is 1. The topological polar surface area (TPSA) is 70.5 Å². The molecule has 0 saturated carbocycles. The van der Waals surface area contributed by atoms with Crippen LogP contribution >= 0.6 is 0 Å². The number of aromatic nitrogens is 1. The number of amides is 2. The lowest BCUT2D eigenvalue weighted by atomic mass is 10.1. The zero-order chi connectivity index (χ0) is 15.8. The highest BCUT2D eigenvalue weighted by molar-refractivity contribution is 5.94. The number of nitrogens with zero attached hydrogens (tertiary/aromatic N) is 3. The maximum absolute atomic E-state index is 12.8. The Labute approximate surface area is 124 Å². The maximum Gasteiger partial charge on any atom is 0.426 e. The summed E-state index contributed by atoms with van der Waals surface area (Å²) in [6, 6.07) is 4.53. The van der Waals surface area contributed by atoms with Gasteiger partial charge in [-0.2, -0.15) is 4.48 Å². The highest BCUT2D eigenvalue weighted by atomic mass is 16.4. The van der Waals surface area contributed by atoms with Crippen molar-refractivity contribution >= 4 is 17.8 Å². The molecule has 0 aromatic carbocycles. The first kappa shape index (κ1) is 15.4. The van der Waals surface area contributed by atoms with Gasteiger partial charge in [-0.25, -0.2) is 14.6 Å². The molecule has 114 valence electrons. The van der Waals surface area contributed by atoms with Crippen molar-refractivity contribution in [3.8, 4) is 0 Å². The standard InChI is InChI=1S/C15H21N3O3/c1-10(2)8-18(13-7-5-6-11(3)16-13)9-12(14(19)20)17(4)15(18)21/h5-7,10,12H,8-9H2,1-4H3/p+1. The highest BCUT2D eigenvalue weighted by Gasteiger charge is 2.56. The second kappa shape index (κ2) is 5.44. The summed E-state index contributed by atoms with van der Waals surface area (Å²) in [6.07, 6.45) is 0. The van der Waals surface area contributed by atoms with Crippen LogP contribution in [0, 0.1) is 12.8 Å². The fraction of sp³-hybridized carbons (Fsp3) is 0.533. The van der Waals surface area contributed by atoms with Crippen molar-refractivity contribution in [1.82, 2.24) is 14.4 Å². The summed E-state index contributed by atoms with van der Waals surface area (Å²) >= 11 is 0.